The molecule has 1 aliphatic rings. The van der Waals surface area contributed by atoms with Gasteiger partial charge in [0.05, 0.1) is 12.4 Å². The van der Waals surface area contributed by atoms with Crippen LogP contribution in [0.2, 0.25) is 0 Å². The Morgan fingerprint density at radius 3 is 2.08 bits per heavy atom. The van der Waals surface area contributed by atoms with Crippen molar-refractivity contribution in [1.29, 1.82) is 0 Å². The molecule has 2 N–H and O–H groups in total. The van der Waals surface area contributed by atoms with E-state index in [1.807, 2.05) is 12.1 Å². The van der Waals surface area contributed by atoms with Gasteiger partial charge < -0.3 is 10.4 Å². The number of phenols is 1. The van der Waals surface area contributed by atoms with Crippen LogP contribution in [0.15, 0.2) is 17.1 Å². The molecule has 0 bridgehead atoms. The Kier molecular flexibility index (Phi) is 5.60. The number of ketones is 1. The summed E-state index contributed by atoms with van der Waals surface area (Å²) in [4.78, 5) is 17.2. The van der Waals surface area contributed by atoms with E-state index in [1.165, 1.54) is 0 Å². The Morgan fingerprint density at radius 2 is 1.64 bits per heavy atom. The fourth-order valence-corrected chi connectivity index (χ4v) is 3.06. The summed E-state index contributed by atoms with van der Waals surface area (Å²) in [6.07, 6.45) is 3.17. The second-order valence-corrected chi connectivity index (χ2v) is 8.98. The molecule has 0 aromatic heterocycles. The number of nitrogens with zero attached hydrogens (tertiary/aromatic N) is 1. The monoisotopic (exact) mass is 344 g/mol. The molecule has 0 aliphatic carbocycles. The summed E-state index contributed by atoms with van der Waals surface area (Å²) in [5, 5.41) is 13.9. The highest BCUT2D eigenvalue weighted by molar-refractivity contribution is 6.00. The summed E-state index contributed by atoms with van der Waals surface area (Å²) in [6, 6.07) is 3.69. The molecule has 1 aromatic carbocycles. The summed E-state index contributed by atoms with van der Waals surface area (Å²) in [6.45, 7) is 13.4. The molecule has 1 heterocycles. The summed E-state index contributed by atoms with van der Waals surface area (Å²) in [5.74, 6) is 1.27. The first-order valence-electron chi connectivity index (χ1n) is 9.18. The van der Waals surface area contributed by atoms with Crippen molar-refractivity contribution in [2.75, 3.05) is 13.1 Å². The number of amidine groups is 1. The Bertz CT molecular complexity index is 641. The van der Waals surface area contributed by atoms with E-state index < -0.39 is 0 Å². The van der Waals surface area contributed by atoms with Crippen LogP contribution in [-0.4, -0.2) is 29.8 Å². The van der Waals surface area contributed by atoms with E-state index >= 15 is 0 Å². The molecule has 1 aromatic rings. The topological polar surface area (TPSA) is 61.7 Å². The summed E-state index contributed by atoms with van der Waals surface area (Å²) in [7, 11) is 0. The van der Waals surface area contributed by atoms with E-state index in [2.05, 4.69) is 51.9 Å². The first-order chi connectivity index (χ1) is 11.5. The Hall–Kier alpha value is -1.84. The maximum atomic E-state index is 12.8. The highest BCUT2D eigenvalue weighted by Gasteiger charge is 2.27. The molecule has 0 amide bonds. The molecule has 2 rings (SSSR count). The number of hydrogen-bond donors (Lipinski definition) is 2. The molecule has 4 heteroatoms. The number of phenolic OH excluding ortho intramolecular Hbond substituents is 1. The summed E-state index contributed by atoms with van der Waals surface area (Å²) >= 11 is 0. The van der Waals surface area contributed by atoms with E-state index in [9.17, 15) is 9.90 Å². The van der Waals surface area contributed by atoms with Gasteiger partial charge in [-0.15, -0.1) is 0 Å². The molecular weight excluding hydrogens is 312 g/mol. The van der Waals surface area contributed by atoms with Crippen molar-refractivity contribution in [3.8, 4) is 5.75 Å². The summed E-state index contributed by atoms with van der Waals surface area (Å²) in [5.41, 5.74) is 1.82. The van der Waals surface area contributed by atoms with E-state index in [0.717, 1.165) is 42.8 Å². The van der Waals surface area contributed by atoms with Crippen molar-refractivity contribution < 1.29 is 9.90 Å². The van der Waals surface area contributed by atoms with Crippen LogP contribution in [0.4, 0.5) is 0 Å². The Morgan fingerprint density at radius 1 is 1.08 bits per heavy atom. The van der Waals surface area contributed by atoms with Crippen molar-refractivity contribution in [2.45, 2.75) is 71.6 Å². The molecule has 0 unspecified atom stereocenters. The standard InChI is InChI=1S/C21H32N2O2/c1-20(2,3)15-11-14(12-16(19(15)25)21(4,5)6)17(24)13-23-18-9-7-8-10-22-18/h11-12,25H,7-10,13H2,1-6H3,(H,22,23). The fraction of sp³-hybridized carbons (Fsp3) is 0.619. The van der Waals surface area contributed by atoms with Gasteiger partial charge in [-0.1, -0.05) is 41.5 Å². The van der Waals surface area contributed by atoms with Crippen LogP contribution in [-0.2, 0) is 10.8 Å². The van der Waals surface area contributed by atoms with Crippen LogP contribution in [0.25, 0.3) is 0 Å². The van der Waals surface area contributed by atoms with Crippen LogP contribution >= 0.6 is 0 Å². The number of hydrogen-bond acceptors (Lipinski definition) is 4. The van der Waals surface area contributed by atoms with Crippen LogP contribution < -0.4 is 5.32 Å². The number of benzene rings is 1. The number of aromatic hydroxyl groups is 1. The minimum absolute atomic E-state index is 0.0317. The van der Waals surface area contributed by atoms with Gasteiger partial charge in [-0.05, 0) is 35.8 Å². The highest BCUT2D eigenvalue weighted by Crippen LogP contribution is 2.39. The molecule has 25 heavy (non-hydrogen) atoms. The third-order valence-corrected chi connectivity index (χ3v) is 4.63. The number of carbonyl (C=O) groups excluding carboxylic acids is 1. The van der Waals surface area contributed by atoms with Crippen molar-refractivity contribution >= 4 is 11.6 Å². The largest absolute Gasteiger partial charge is 0.507 e. The predicted molar refractivity (Wildman–Crippen MR) is 104 cm³/mol. The van der Waals surface area contributed by atoms with Gasteiger partial charge in [0.2, 0.25) is 0 Å². The minimum Gasteiger partial charge on any atom is -0.507 e. The predicted octanol–water partition coefficient (Wildman–Crippen LogP) is 4.34. The molecule has 1 aliphatic heterocycles. The molecule has 138 valence electrons. The maximum Gasteiger partial charge on any atom is 0.181 e. The van der Waals surface area contributed by atoms with E-state index in [-0.39, 0.29) is 23.2 Å². The third-order valence-electron chi connectivity index (χ3n) is 4.63. The zero-order chi connectivity index (χ0) is 18.8. The van der Waals surface area contributed by atoms with Crippen molar-refractivity contribution in [2.24, 2.45) is 4.99 Å². The van der Waals surface area contributed by atoms with Crippen molar-refractivity contribution in [1.82, 2.24) is 5.32 Å². The molecule has 0 atom stereocenters. The van der Waals surface area contributed by atoms with Crippen molar-refractivity contribution in [3.63, 3.8) is 0 Å². The lowest BCUT2D eigenvalue weighted by Gasteiger charge is -2.28. The van der Waals surface area contributed by atoms with E-state index in [0.29, 0.717) is 11.3 Å². The Labute approximate surface area is 151 Å². The average Bonchev–Trinajstić information content (AvgIpc) is 2.51. The SMILES string of the molecule is CC(C)(C)c1cc(C(=O)CNC2=NCCCC2)cc(C(C)(C)C)c1O. The zero-order valence-electron chi connectivity index (χ0n) is 16.5. The second-order valence-electron chi connectivity index (χ2n) is 8.98. The normalized spacial score (nSPS) is 15.7. The van der Waals surface area contributed by atoms with Gasteiger partial charge in [-0.3, -0.25) is 9.79 Å². The van der Waals surface area contributed by atoms with Crippen LogP contribution in [0.1, 0.15) is 82.3 Å². The Balaban J connectivity index is 2.33. The first-order valence-corrected chi connectivity index (χ1v) is 9.18. The highest BCUT2D eigenvalue weighted by atomic mass is 16.3. The van der Waals surface area contributed by atoms with E-state index in [4.69, 9.17) is 0 Å². The number of Topliss-reactive ketones (excluding diaryl/α,β-unsaturated/α-hetero) is 1. The van der Waals surface area contributed by atoms with Gasteiger partial charge in [-0.25, -0.2) is 0 Å². The van der Waals surface area contributed by atoms with Crippen LogP contribution in [0.5, 0.6) is 5.75 Å². The van der Waals surface area contributed by atoms with Gasteiger partial charge in [0.1, 0.15) is 5.75 Å². The number of nitrogens with one attached hydrogen (secondary N) is 1. The quantitative estimate of drug-likeness (QED) is 0.802. The molecular formula is C21H32N2O2. The maximum absolute atomic E-state index is 12.8. The fourth-order valence-electron chi connectivity index (χ4n) is 3.06. The third kappa shape index (κ3) is 4.83. The van der Waals surface area contributed by atoms with Gasteiger partial charge in [0.25, 0.3) is 0 Å². The van der Waals surface area contributed by atoms with Crippen LogP contribution in [0, 0.1) is 0 Å². The average molecular weight is 344 g/mol. The first kappa shape index (κ1) is 19.5. The lowest BCUT2D eigenvalue weighted by Crippen LogP contribution is -2.31. The molecule has 0 radical (unpaired) electrons. The molecule has 0 saturated carbocycles. The minimum atomic E-state index is -0.235. The molecule has 4 nitrogen and oxygen atoms in total. The van der Waals surface area contributed by atoms with E-state index in [1.54, 1.807) is 0 Å². The molecule has 0 fully saturated rings. The number of rotatable bonds is 3. The molecule has 0 spiro atoms. The lowest BCUT2D eigenvalue weighted by molar-refractivity contribution is 0.0996. The smallest absolute Gasteiger partial charge is 0.181 e. The zero-order valence-corrected chi connectivity index (χ0v) is 16.5. The van der Waals surface area contributed by atoms with Crippen molar-refractivity contribution in [3.05, 3.63) is 28.8 Å². The summed E-state index contributed by atoms with van der Waals surface area (Å²) < 4.78 is 0. The second kappa shape index (κ2) is 7.19. The van der Waals surface area contributed by atoms with Crippen LogP contribution in [0.3, 0.4) is 0 Å². The molecule has 0 saturated heterocycles. The van der Waals surface area contributed by atoms with Gasteiger partial charge in [-0.2, -0.15) is 0 Å². The number of carbonyl (C=O) groups is 1. The number of aliphatic imine (C=N–C) groups is 1. The lowest BCUT2D eigenvalue weighted by atomic mass is 9.78. The van der Waals surface area contributed by atoms with Gasteiger partial charge >= 0.3 is 0 Å². The van der Waals surface area contributed by atoms with Gasteiger partial charge in [0, 0.05) is 29.7 Å². The van der Waals surface area contributed by atoms with Gasteiger partial charge in [0.15, 0.2) is 5.78 Å².